The van der Waals surface area contributed by atoms with Crippen LogP contribution >= 0.6 is 11.6 Å². The van der Waals surface area contributed by atoms with Crippen molar-refractivity contribution in [1.82, 2.24) is 14.9 Å². The minimum Gasteiger partial charge on any atom is -0.497 e. The van der Waals surface area contributed by atoms with Crippen LogP contribution in [0.4, 0.5) is 0 Å². The lowest BCUT2D eigenvalue weighted by atomic mass is 10.1. The number of nitrogens with zero attached hydrogens (tertiary/aromatic N) is 2. The van der Waals surface area contributed by atoms with Gasteiger partial charge in [0.15, 0.2) is 0 Å². The molecule has 3 aromatic rings. The van der Waals surface area contributed by atoms with Crippen molar-refractivity contribution in [3.8, 4) is 17.0 Å². The van der Waals surface area contributed by atoms with Gasteiger partial charge in [-0.1, -0.05) is 31.5 Å². The first-order chi connectivity index (χ1) is 14.1. The van der Waals surface area contributed by atoms with Gasteiger partial charge in [0.2, 0.25) is 0 Å². The quantitative estimate of drug-likeness (QED) is 0.488. The Morgan fingerprint density at radius 2 is 2.00 bits per heavy atom. The van der Waals surface area contributed by atoms with Crippen molar-refractivity contribution in [2.75, 3.05) is 20.2 Å². The molecule has 0 saturated heterocycles. The van der Waals surface area contributed by atoms with Crippen LogP contribution in [0.15, 0.2) is 36.4 Å². The van der Waals surface area contributed by atoms with Gasteiger partial charge in [-0.15, -0.1) is 0 Å². The van der Waals surface area contributed by atoms with E-state index < -0.39 is 0 Å². The van der Waals surface area contributed by atoms with Gasteiger partial charge < -0.3 is 10.1 Å². The van der Waals surface area contributed by atoms with Gasteiger partial charge in [0.1, 0.15) is 5.75 Å². The Morgan fingerprint density at radius 1 is 1.21 bits per heavy atom. The molecule has 5 heteroatoms. The molecule has 1 aliphatic carbocycles. The zero-order valence-electron chi connectivity index (χ0n) is 18.0. The molecule has 29 heavy (non-hydrogen) atoms. The summed E-state index contributed by atoms with van der Waals surface area (Å²) >= 11 is 6.40. The summed E-state index contributed by atoms with van der Waals surface area (Å²) in [5.41, 5.74) is 5.41. The van der Waals surface area contributed by atoms with Crippen LogP contribution in [0, 0.1) is 12.8 Å². The van der Waals surface area contributed by atoms with Crippen LogP contribution in [0.5, 0.6) is 5.75 Å². The summed E-state index contributed by atoms with van der Waals surface area (Å²) in [6, 6.07) is 11.9. The molecule has 0 amide bonds. The molecule has 1 saturated carbocycles. The minimum atomic E-state index is 0.660. The molecule has 0 spiro atoms. The molecule has 2 aromatic heterocycles. The van der Waals surface area contributed by atoms with E-state index in [2.05, 4.69) is 32.2 Å². The second-order valence-electron chi connectivity index (χ2n) is 7.63. The SMILES string of the molecule is CCCNCC1CC1.CCc1nn2c(-c3ccc(OC)cc3Cl)cccc2c1C. The Morgan fingerprint density at radius 3 is 2.62 bits per heavy atom. The van der Waals surface area contributed by atoms with Crippen LogP contribution in [0.1, 0.15) is 44.4 Å². The second-order valence-corrected chi connectivity index (χ2v) is 8.03. The van der Waals surface area contributed by atoms with Crippen molar-refractivity contribution in [2.45, 2.75) is 46.5 Å². The smallest absolute Gasteiger partial charge is 0.120 e. The molecule has 0 radical (unpaired) electrons. The third-order valence-corrected chi connectivity index (χ3v) is 5.66. The molecule has 0 aliphatic heterocycles. The largest absolute Gasteiger partial charge is 0.497 e. The Labute approximate surface area is 179 Å². The first kappa shape index (κ1) is 21.7. The van der Waals surface area contributed by atoms with Gasteiger partial charge in [0.05, 0.1) is 29.0 Å². The Bertz CT molecular complexity index is 947. The summed E-state index contributed by atoms with van der Waals surface area (Å²) in [5.74, 6) is 1.79. The van der Waals surface area contributed by atoms with Gasteiger partial charge in [-0.05, 0) is 87.5 Å². The molecule has 0 bridgehead atoms. The molecule has 0 unspecified atom stereocenters. The van der Waals surface area contributed by atoms with Crippen molar-refractivity contribution in [3.63, 3.8) is 0 Å². The van der Waals surface area contributed by atoms with Crippen molar-refractivity contribution in [1.29, 1.82) is 0 Å². The zero-order valence-corrected chi connectivity index (χ0v) is 18.7. The first-order valence-electron chi connectivity index (χ1n) is 10.6. The molecule has 4 nitrogen and oxygen atoms in total. The van der Waals surface area contributed by atoms with Gasteiger partial charge in [-0.25, -0.2) is 4.52 Å². The molecule has 4 rings (SSSR count). The van der Waals surface area contributed by atoms with Gasteiger partial charge in [-0.2, -0.15) is 5.10 Å². The highest BCUT2D eigenvalue weighted by Gasteiger charge is 2.19. The van der Waals surface area contributed by atoms with Crippen LogP contribution in [0.2, 0.25) is 5.02 Å². The van der Waals surface area contributed by atoms with Gasteiger partial charge in [0.25, 0.3) is 0 Å². The van der Waals surface area contributed by atoms with Crippen molar-refractivity contribution in [2.24, 2.45) is 5.92 Å². The lowest BCUT2D eigenvalue weighted by Crippen LogP contribution is -2.16. The molecule has 156 valence electrons. The third kappa shape index (κ3) is 5.31. The average molecular weight is 414 g/mol. The Balaban J connectivity index is 0.000000252. The monoisotopic (exact) mass is 413 g/mol. The molecule has 1 fully saturated rings. The van der Waals surface area contributed by atoms with Crippen LogP contribution in [0.3, 0.4) is 0 Å². The van der Waals surface area contributed by atoms with Crippen molar-refractivity contribution in [3.05, 3.63) is 52.7 Å². The number of halogens is 1. The number of hydrogen-bond donors (Lipinski definition) is 1. The molecular weight excluding hydrogens is 382 g/mol. The van der Waals surface area contributed by atoms with Crippen LogP contribution in [-0.4, -0.2) is 29.8 Å². The number of aryl methyl sites for hydroxylation is 2. The number of benzene rings is 1. The van der Waals surface area contributed by atoms with E-state index in [1.807, 2.05) is 34.8 Å². The van der Waals surface area contributed by atoms with Crippen molar-refractivity contribution >= 4 is 17.1 Å². The molecule has 1 N–H and O–H groups in total. The summed E-state index contributed by atoms with van der Waals surface area (Å²) in [4.78, 5) is 0. The maximum absolute atomic E-state index is 6.40. The molecular formula is C24H32ClN3O. The summed E-state index contributed by atoms with van der Waals surface area (Å²) in [5, 5.41) is 8.77. The predicted octanol–water partition coefficient (Wildman–Crippen LogP) is 5.93. The maximum Gasteiger partial charge on any atom is 0.120 e. The van der Waals surface area contributed by atoms with Crippen LogP contribution in [0.25, 0.3) is 16.8 Å². The predicted molar refractivity (Wildman–Crippen MR) is 122 cm³/mol. The van der Waals surface area contributed by atoms with E-state index in [1.54, 1.807) is 7.11 Å². The van der Waals surface area contributed by atoms with E-state index in [4.69, 9.17) is 21.4 Å². The van der Waals surface area contributed by atoms with E-state index >= 15 is 0 Å². The van der Waals surface area contributed by atoms with Gasteiger partial charge >= 0.3 is 0 Å². The Kier molecular flexibility index (Phi) is 7.57. The summed E-state index contributed by atoms with van der Waals surface area (Å²) in [6.45, 7) is 8.92. The summed E-state index contributed by atoms with van der Waals surface area (Å²) in [7, 11) is 1.64. The summed E-state index contributed by atoms with van der Waals surface area (Å²) < 4.78 is 7.18. The number of aromatic nitrogens is 2. The van der Waals surface area contributed by atoms with Crippen LogP contribution in [-0.2, 0) is 6.42 Å². The summed E-state index contributed by atoms with van der Waals surface area (Å²) in [6.07, 6.45) is 5.13. The van der Waals surface area contributed by atoms with E-state index in [1.165, 1.54) is 37.9 Å². The van der Waals surface area contributed by atoms with Crippen LogP contribution < -0.4 is 10.1 Å². The Hall–Kier alpha value is -2.04. The second kappa shape index (κ2) is 10.1. The number of fused-ring (bicyclic) bond motifs is 1. The average Bonchev–Trinajstić information content (AvgIpc) is 3.50. The zero-order chi connectivity index (χ0) is 20.8. The standard InChI is InChI=1S/C17H17ClN2O.C7H15N/c1-4-15-11(2)16-6-5-7-17(20(16)19-15)13-9-8-12(21-3)10-14(13)18;1-2-5-8-6-7-3-4-7/h5-10H,4H2,1-3H3;7-8H,2-6H2,1H3. The fourth-order valence-corrected chi connectivity index (χ4v) is 3.68. The molecule has 1 aliphatic rings. The molecule has 0 atom stereocenters. The topological polar surface area (TPSA) is 38.6 Å². The molecule has 1 aromatic carbocycles. The number of ether oxygens (including phenoxy) is 1. The van der Waals surface area contributed by atoms with E-state index in [0.29, 0.717) is 5.02 Å². The first-order valence-corrected chi connectivity index (χ1v) is 11.0. The highest BCUT2D eigenvalue weighted by molar-refractivity contribution is 6.33. The number of nitrogens with one attached hydrogen (secondary N) is 1. The normalized spacial score (nSPS) is 13.3. The van der Waals surface area contributed by atoms with E-state index in [-0.39, 0.29) is 0 Å². The van der Waals surface area contributed by atoms with Gasteiger partial charge in [-0.3, -0.25) is 0 Å². The minimum absolute atomic E-state index is 0.660. The lowest BCUT2D eigenvalue weighted by molar-refractivity contribution is 0.415. The molecule has 2 heterocycles. The highest BCUT2D eigenvalue weighted by Crippen LogP contribution is 2.32. The fourth-order valence-electron chi connectivity index (χ4n) is 3.41. The number of rotatable bonds is 7. The number of hydrogen-bond acceptors (Lipinski definition) is 3. The number of pyridine rings is 1. The van der Waals surface area contributed by atoms with Gasteiger partial charge in [0, 0.05) is 5.56 Å². The fraction of sp³-hybridized carbons (Fsp3) is 0.458. The lowest BCUT2D eigenvalue weighted by Gasteiger charge is -2.09. The highest BCUT2D eigenvalue weighted by atomic mass is 35.5. The number of methoxy groups -OCH3 is 1. The van der Waals surface area contributed by atoms with E-state index in [0.717, 1.165) is 40.6 Å². The van der Waals surface area contributed by atoms with E-state index in [9.17, 15) is 0 Å². The maximum atomic E-state index is 6.40. The van der Waals surface area contributed by atoms with Crippen molar-refractivity contribution < 1.29 is 4.74 Å². The third-order valence-electron chi connectivity index (χ3n) is 5.35.